The fraction of sp³-hybridized carbons (Fsp3) is 0.182. The van der Waals surface area contributed by atoms with Gasteiger partial charge in [0.05, 0.1) is 22.0 Å². The van der Waals surface area contributed by atoms with Gasteiger partial charge >= 0.3 is 0 Å². The van der Waals surface area contributed by atoms with E-state index in [1.54, 1.807) is 38.1 Å². The van der Waals surface area contributed by atoms with E-state index in [1.807, 2.05) is 24.3 Å². The predicted molar refractivity (Wildman–Crippen MR) is 121 cm³/mol. The maximum Gasteiger partial charge on any atom is 0.270 e. The molecule has 0 unspecified atom stereocenters. The van der Waals surface area contributed by atoms with Gasteiger partial charge in [-0.05, 0) is 43.7 Å². The molecule has 32 heavy (non-hydrogen) atoms. The smallest absolute Gasteiger partial charge is 0.270 e. The molecule has 4 N–H and O–H groups in total. The van der Waals surface area contributed by atoms with Crippen molar-refractivity contribution in [3.63, 3.8) is 0 Å². The Kier molecular flexibility index (Phi) is 5.72. The minimum Gasteiger partial charge on any atom is -0.414 e. The van der Waals surface area contributed by atoms with Crippen LogP contribution in [-0.2, 0) is 16.4 Å². The number of nitrogens with two attached hydrogens (primary N) is 2. The van der Waals surface area contributed by atoms with Gasteiger partial charge in [-0.15, -0.1) is 10.2 Å². The lowest BCUT2D eigenvalue weighted by atomic mass is 10.1. The van der Waals surface area contributed by atoms with Crippen molar-refractivity contribution in [3.8, 4) is 34.3 Å². The van der Waals surface area contributed by atoms with E-state index in [0.29, 0.717) is 23.7 Å². The number of hydrogen-bond acceptors (Lipinski definition) is 9. The lowest BCUT2D eigenvalue weighted by molar-refractivity contribution is 0.582. The fourth-order valence-corrected chi connectivity index (χ4v) is 4.06. The van der Waals surface area contributed by atoms with Crippen molar-refractivity contribution in [3.05, 3.63) is 60.3 Å². The average molecular weight is 451 g/mol. The number of aromatic nitrogens is 4. The molecule has 4 rings (SSSR count). The van der Waals surface area contributed by atoms with Gasteiger partial charge in [-0.25, -0.2) is 18.4 Å². The molecule has 0 saturated heterocycles. The zero-order valence-corrected chi connectivity index (χ0v) is 18.4. The molecule has 0 spiro atoms. The Labute approximate surface area is 185 Å². The van der Waals surface area contributed by atoms with Crippen LogP contribution in [0.3, 0.4) is 0 Å². The second-order valence-corrected chi connectivity index (χ2v) is 9.92. The first-order valence-corrected chi connectivity index (χ1v) is 11.4. The summed E-state index contributed by atoms with van der Waals surface area (Å²) in [5, 5.41) is 7.64. The molecule has 0 bridgehead atoms. The summed E-state index contributed by atoms with van der Waals surface area (Å²) in [6, 6.07) is 13.9. The number of nitrogens with zero attached hydrogens (tertiary/aromatic N) is 4. The van der Waals surface area contributed by atoms with Crippen LogP contribution in [-0.4, -0.2) is 33.8 Å². The molecule has 0 aliphatic carbocycles. The van der Waals surface area contributed by atoms with E-state index in [9.17, 15) is 8.42 Å². The van der Waals surface area contributed by atoms with Crippen LogP contribution in [0.15, 0.2) is 64.0 Å². The zero-order chi connectivity index (χ0) is 22.9. The van der Waals surface area contributed by atoms with Crippen molar-refractivity contribution in [2.45, 2.75) is 30.5 Å². The molecule has 164 valence electrons. The van der Waals surface area contributed by atoms with Crippen molar-refractivity contribution < 1.29 is 12.8 Å². The number of hydrogen-bond donors (Lipinski definition) is 2. The van der Waals surface area contributed by atoms with Crippen LogP contribution in [0.4, 0.5) is 5.82 Å². The Morgan fingerprint density at radius 1 is 0.938 bits per heavy atom. The lowest BCUT2D eigenvalue weighted by Gasteiger charge is -2.09. The van der Waals surface area contributed by atoms with E-state index in [0.717, 1.165) is 11.1 Å². The van der Waals surface area contributed by atoms with Crippen molar-refractivity contribution in [1.82, 2.24) is 20.2 Å². The highest BCUT2D eigenvalue weighted by atomic mass is 32.2. The van der Waals surface area contributed by atoms with Crippen LogP contribution in [0.5, 0.6) is 0 Å². The van der Waals surface area contributed by atoms with Gasteiger partial charge in [-0.1, -0.05) is 24.3 Å². The summed E-state index contributed by atoms with van der Waals surface area (Å²) < 4.78 is 30.5. The third-order valence-corrected chi connectivity index (χ3v) is 7.13. The summed E-state index contributed by atoms with van der Waals surface area (Å²) in [5.41, 5.74) is 14.8. The number of anilines is 1. The van der Waals surface area contributed by atoms with Crippen LogP contribution >= 0.6 is 0 Å². The summed E-state index contributed by atoms with van der Waals surface area (Å²) in [4.78, 5) is 8.97. The van der Waals surface area contributed by atoms with Gasteiger partial charge in [0, 0.05) is 17.7 Å². The number of sulfone groups is 1. The summed E-state index contributed by atoms with van der Waals surface area (Å²) in [5.74, 6) is 0.591. The number of benzene rings is 2. The maximum absolute atomic E-state index is 12.3. The summed E-state index contributed by atoms with van der Waals surface area (Å²) in [7, 11) is -3.36. The quantitative estimate of drug-likeness (QED) is 0.451. The normalized spacial score (nSPS) is 11.8. The Hall–Kier alpha value is -3.63. The molecule has 0 saturated carbocycles. The van der Waals surface area contributed by atoms with Gasteiger partial charge in [0.15, 0.2) is 21.3 Å². The SMILES string of the molecule is CC(C)S(=O)(=O)c1ccc(-c2cnc(N)c(-c3nnc(-c4ccc(CN)cc4)o3)n2)cc1. The molecular weight excluding hydrogens is 428 g/mol. The molecule has 0 radical (unpaired) electrons. The maximum atomic E-state index is 12.3. The van der Waals surface area contributed by atoms with E-state index < -0.39 is 15.1 Å². The van der Waals surface area contributed by atoms with Crippen molar-refractivity contribution in [1.29, 1.82) is 0 Å². The predicted octanol–water partition coefficient (Wildman–Crippen LogP) is 3.08. The largest absolute Gasteiger partial charge is 0.414 e. The first-order chi connectivity index (χ1) is 15.3. The van der Waals surface area contributed by atoms with Crippen LogP contribution < -0.4 is 11.5 Å². The molecule has 10 heteroatoms. The first kappa shape index (κ1) is 21.6. The molecule has 4 aromatic rings. The van der Waals surface area contributed by atoms with Gasteiger partial charge in [0.2, 0.25) is 5.89 Å². The highest BCUT2D eigenvalue weighted by Gasteiger charge is 2.20. The van der Waals surface area contributed by atoms with E-state index >= 15 is 0 Å². The molecule has 0 atom stereocenters. The van der Waals surface area contributed by atoms with Gasteiger partial charge in [-0.2, -0.15) is 0 Å². The van der Waals surface area contributed by atoms with Crippen LogP contribution in [0.1, 0.15) is 19.4 Å². The molecular formula is C22H22N6O3S. The van der Waals surface area contributed by atoms with E-state index in [1.165, 1.54) is 6.20 Å². The second kappa shape index (κ2) is 8.48. The van der Waals surface area contributed by atoms with Gasteiger partial charge in [0.25, 0.3) is 5.89 Å². The molecule has 9 nitrogen and oxygen atoms in total. The number of nitrogen functional groups attached to an aromatic ring is 1. The molecule has 2 aromatic heterocycles. The zero-order valence-electron chi connectivity index (χ0n) is 17.6. The van der Waals surface area contributed by atoms with Crippen molar-refractivity contribution >= 4 is 15.7 Å². The second-order valence-electron chi connectivity index (χ2n) is 7.42. The molecule has 2 aromatic carbocycles. The monoisotopic (exact) mass is 450 g/mol. The summed E-state index contributed by atoms with van der Waals surface area (Å²) in [6.07, 6.45) is 1.51. The molecule has 2 heterocycles. The van der Waals surface area contributed by atoms with Gasteiger partial charge in [0.1, 0.15) is 0 Å². The third kappa shape index (κ3) is 4.10. The van der Waals surface area contributed by atoms with E-state index in [4.69, 9.17) is 15.9 Å². The topological polar surface area (TPSA) is 151 Å². The fourth-order valence-electron chi connectivity index (χ4n) is 3.00. The van der Waals surface area contributed by atoms with E-state index in [2.05, 4.69) is 20.2 Å². The minimum atomic E-state index is -3.36. The standard InChI is InChI=1S/C22H22N6O3S/c1-13(2)32(29,30)17-9-7-15(8-10-17)18-12-25-20(24)19(26-18)22-28-27-21(31-22)16-5-3-14(11-23)4-6-16/h3-10,12-13H,11,23H2,1-2H3,(H2,24,25). The van der Waals surface area contributed by atoms with Crippen LogP contribution in [0.2, 0.25) is 0 Å². The highest BCUT2D eigenvalue weighted by molar-refractivity contribution is 7.92. The van der Waals surface area contributed by atoms with Crippen LogP contribution in [0.25, 0.3) is 34.3 Å². The molecule has 0 fully saturated rings. The van der Waals surface area contributed by atoms with E-state index in [-0.39, 0.29) is 22.3 Å². The van der Waals surface area contributed by atoms with Crippen molar-refractivity contribution in [2.75, 3.05) is 5.73 Å². The van der Waals surface area contributed by atoms with Gasteiger partial charge < -0.3 is 15.9 Å². The Balaban J connectivity index is 1.66. The minimum absolute atomic E-state index is 0.133. The lowest BCUT2D eigenvalue weighted by Crippen LogP contribution is -2.13. The van der Waals surface area contributed by atoms with Gasteiger partial charge in [-0.3, -0.25) is 0 Å². The molecule has 0 aliphatic rings. The molecule has 0 aliphatic heterocycles. The summed E-state index contributed by atoms with van der Waals surface area (Å²) >= 11 is 0. The van der Waals surface area contributed by atoms with Crippen molar-refractivity contribution in [2.24, 2.45) is 5.73 Å². The third-order valence-electron chi connectivity index (χ3n) is 4.96. The molecule has 0 amide bonds. The Bertz CT molecular complexity index is 1350. The van der Waals surface area contributed by atoms with Crippen LogP contribution in [0, 0.1) is 0 Å². The Morgan fingerprint density at radius 2 is 1.56 bits per heavy atom. The number of rotatable bonds is 6. The highest BCUT2D eigenvalue weighted by Crippen LogP contribution is 2.28. The first-order valence-electron chi connectivity index (χ1n) is 9.89. The average Bonchev–Trinajstić information content (AvgIpc) is 3.29. The Morgan fingerprint density at radius 3 is 2.19 bits per heavy atom. The summed E-state index contributed by atoms with van der Waals surface area (Å²) in [6.45, 7) is 3.73.